The van der Waals surface area contributed by atoms with E-state index >= 15 is 0 Å². The monoisotopic (exact) mass is 507 g/mol. The Morgan fingerprint density at radius 1 is 1.21 bits per heavy atom. The molecule has 168 valence electrons. The largest absolute Gasteiger partial charge is 0.492 e. The molecule has 0 radical (unpaired) electrons. The molecular formula is C25H22BrN3O4. The van der Waals surface area contributed by atoms with Crippen LogP contribution in [-0.4, -0.2) is 22.6 Å². The van der Waals surface area contributed by atoms with Crippen LogP contribution in [0.1, 0.15) is 28.5 Å². The van der Waals surface area contributed by atoms with Crippen LogP contribution >= 0.6 is 15.9 Å². The summed E-state index contributed by atoms with van der Waals surface area (Å²) in [6.45, 7) is 3.90. The van der Waals surface area contributed by atoms with Gasteiger partial charge in [-0.3, -0.25) is 9.78 Å². The summed E-state index contributed by atoms with van der Waals surface area (Å²) in [5, 5.41) is 13.3. The van der Waals surface area contributed by atoms with E-state index in [1.165, 1.54) is 0 Å². The number of pyridine rings is 1. The minimum Gasteiger partial charge on any atom is -0.492 e. The number of benzene rings is 2. The number of carbonyl (C=O) groups excluding carboxylic acids is 1. The van der Waals surface area contributed by atoms with E-state index in [-0.39, 0.29) is 17.7 Å². The fraction of sp³-hybridized carbons (Fsp3) is 0.160. The number of carbonyl (C=O) groups is 1. The third-order valence-corrected chi connectivity index (χ3v) is 5.43. The van der Waals surface area contributed by atoms with Gasteiger partial charge in [-0.15, -0.1) is 0 Å². The number of ether oxygens (including phenoxy) is 1. The first-order valence-electron chi connectivity index (χ1n) is 10.4. The minimum atomic E-state index is -0.417. The van der Waals surface area contributed by atoms with Gasteiger partial charge in [0.25, 0.3) is 5.91 Å². The fourth-order valence-corrected chi connectivity index (χ4v) is 3.75. The number of aliphatic hydroxyl groups excluding tert-OH is 1. The summed E-state index contributed by atoms with van der Waals surface area (Å²) in [5.41, 5.74) is 3.13. The van der Waals surface area contributed by atoms with Crippen LogP contribution in [0, 0.1) is 6.92 Å². The second-order valence-electron chi connectivity index (χ2n) is 7.21. The van der Waals surface area contributed by atoms with Crippen LogP contribution in [0.5, 0.6) is 5.75 Å². The van der Waals surface area contributed by atoms with E-state index in [1.54, 1.807) is 31.3 Å². The number of rotatable bonds is 6. The molecule has 0 saturated carbocycles. The summed E-state index contributed by atoms with van der Waals surface area (Å²) in [7, 11) is 0. The zero-order valence-electron chi connectivity index (χ0n) is 18.1. The molecule has 0 aliphatic carbocycles. The molecular weight excluding hydrogens is 486 g/mol. The van der Waals surface area contributed by atoms with Crippen LogP contribution < -0.4 is 15.6 Å². The fourth-order valence-electron chi connectivity index (χ4n) is 3.36. The first-order chi connectivity index (χ1) is 16.0. The first-order valence-corrected chi connectivity index (χ1v) is 11.2. The Bertz CT molecular complexity index is 1400. The number of nitrogens with one attached hydrogen (secondary N) is 1. The van der Waals surface area contributed by atoms with E-state index in [0.717, 1.165) is 4.47 Å². The van der Waals surface area contributed by atoms with Crippen molar-refractivity contribution >= 4 is 44.2 Å². The summed E-state index contributed by atoms with van der Waals surface area (Å²) in [6.07, 6.45) is 1.57. The second-order valence-corrected chi connectivity index (χ2v) is 8.13. The van der Waals surface area contributed by atoms with Gasteiger partial charge in [-0.25, -0.2) is 4.99 Å². The van der Waals surface area contributed by atoms with E-state index < -0.39 is 5.91 Å². The predicted octanol–water partition coefficient (Wildman–Crippen LogP) is 5.27. The van der Waals surface area contributed by atoms with Gasteiger partial charge in [-0.05, 0) is 50.2 Å². The van der Waals surface area contributed by atoms with Gasteiger partial charge in [0.2, 0.25) is 5.55 Å². The maximum Gasteiger partial charge on any atom is 0.261 e. The van der Waals surface area contributed by atoms with Gasteiger partial charge in [0.05, 0.1) is 30.3 Å². The molecule has 0 unspecified atom stereocenters. The minimum absolute atomic E-state index is 0.131. The molecule has 2 N–H and O–H groups in total. The predicted molar refractivity (Wildman–Crippen MR) is 130 cm³/mol. The van der Waals surface area contributed by atoms with E-state index in [9.17, 15) is 9.90 Å². The highest BCUT2D eigenvalue weighted by atomic mass is 79.9. The molecule has 4 aromatic rings. The Labute approximate surface area is 198 Å². The molecule has 0 aliphatic rings. The first kappa shape index (κ1) is 22.7. The van der Waals surface area contributed by atoms with Gasteiger partial charge in [-0.1, -0.05) is 34.1 Å². The van der Waals surface area contributed by atoms with Gasteiger partial charge in [0.15, 0.2) is 5.58 Å². The highest BCUT2D eigenvalue weighted by Gasteiger charge is 2.17. The number of aromatic nitrogens is 1. The van der Waals surface area contributed by atoms with Crippen molar-refractivity contribution in [3.63, 3.8) is 0 Å². The zero-order chi connectivity index (χ0) is 23.4. The number of halogens is 1. The van der Waals surface area contributed by atoms with E-state index in [0.29, 0.717) is 46.0 Å². The highest BCUT2D eigenvalue weighted by Crippen LogP contribution is 2.26. The van der Waals surface area contributed by atoms with Crippen molar-refractivity contribution < 1.29 is 19.1 Å². The zero-order valence-corrected chi connectivity index (χ0v) is 19.7. The van der Waals surface area contributed by atoms with Crippen molar-refractivity contribution in [3.8, 4) is 5.75 Å². The third-order valence-electron chi connectivity index (χ3n) is 4.94. The molecule has 1 amide bonds. The van der Waals surface area contributed by atoms with Crippen LogP contribution in [0.3, 0.4) is 0 Å². The number of hydrogen-bond donors (Lipinski definition) is 2. The van der Waals surface area contributed by atoms with Crippen LogP contribution in [0.15, 0.2) is 74.7 Å². The van der Waals surface area contributed by atoms with Crippen molar-refractivity contribution in [2.45, 2.75) is 20.5 Å². The summed E-state index contributed by atoms with van der Waals surface area (Å²) in [6, 6.07) is 16.2. The van der Waals surface area contributed by atoms with Gasteiger partial charge >= 0.3 is 0 Å². The summed E-state index contributed by atoms with van der Waals surface area (Å²) >= 11 is 3.44. The molecule has 0 fully saturated rings. The summed E-state index contributed by atoms with van der Waals surface area (Å²) in [5.74, 6) is 0.146. The van der Waals surface area contributed by atoms with Gasteiger partial charge in [-0.2, -0.15) is 0 Å². The lowest BCUT2D eigenvalue weighted by Crippen LogP contribution is -2.22. The van der Waals surface area contributed by atoms with E-state index in [2.05, 4.69) is 31.2 Å². The van der Waals surface area contributed by atoms with Crippen LogP contribution in [0.2, 0.25) is 0 Å². The molecule has 0 aliphatic heterocycles. The van der Waals surface area contributed by atoms with Crippen molar-refractivity contribution in [3.05, 3.63) is 87.6 Å². The lowest BCUT2D eigenvalue weighted by atomic mass is 10.1. The molecule has 8 heteroatoms. The number of para-hydroxylation sites is 2. The average Bonchev–Trinajstić information content (AvgIpc) is 2.81. The summed E-state index contributed by atoms with van der Waals surface area (Å²) in [4.78, 5) is 22.3. The number of aliphatic hydroxyl groups is 1. The Balaban J connectivity index is 1.91. The molecule has 0 atom stereocenters. The lowest BCUT2D eigenvalue weighted by molar-refractivity contribution is 0.102. The molecule has 2 heterocycles. The average molecular weight is 508 g/mol. The van der Waals surface area contributed by atoms with Crippen molar-refractivity contribution in [1.29, 1.82) is 0 Å². The van der Waals surface area contributed by atoms with Gasteiger partial charge in [0.1, 0.15) is 11.3 Å². The molecule has 7 nitrogen and oxygen atoms in total. The summed E-state index contributed by atoms with van der Waals surface area (Å²) < 4.78 is 12.6. The van der Waals surface area contributed by atoms with Crippen molar-refractivity contribution in [2.75, 3.05) is 11.9 Å². The normalized spacial score (nSPS) is 11.6. The second kappa shape index (κ2) is 9.97. The quantitative estimate of drug-likeness (QED) is 0.370. The number of fused-ring (bicyclic) bond motifs is 1. The Kier molecular flexibility index (Phi) is 6.86. The molecule has 2 aromatic carbocycles. The van der Waals surface area contributed by atoms with Crippen LogP contribution in [-0.2, 0) is 6.61 Å². The topological polar surface area (TPSA) is 97.0 Å². The number of amides is 1. The van der Waals surface area contributed by atoms with Crippen molar-refractivity contribution in [2.24, 2.45) is 4.99 Å². The lowest BCUT2D eigenvalue weighted by Gasteiger charge is -2.12. The molecule has 0 saturated heterocycles. The number of aryl methyl sites for hydroxylation is 1. The molecule has 33 heavy (non-hydrogen) atoms. The molecule has 0 spiro atoms. The highest BCUT2D eigenvalue weighted by molar-refractivity contribution is 9.10. The van der Waals surface area contributed by atoms with Crippen LogP contribution in [0.25, 0.3) is 11.0 Å². The number of anilines is 1. The molecule has 2 aromatic heterocycles. The maximum absolute atomic E-state index is 13.4. The van der Waals surface area contributed by atoms with Crippen molar-refractivity contribution in [1.82, 2.24) is 4.98 Å². The Morgan fingerprint density at radius 2 is 2.03 bits per heavy atom. The third kappa shape index (κ3) is 4.97. The standard InChI is InChI=1S/C25H22BrN3O4/c1-3-32-22-10-5-4-9-21(22)29-24(31)20-12-19-16(14-30)13-27-15(2)23(19)33-25(20)28-18-8-6-7-17(26)11-18/h4-13,30H,3,14H2,1-2H3,(H,29,31). The van der Waals surface area contributed by atoms with E-state index in [1.807, 2.05) is 43.3 Å². The van der Waals surface area contributed by atoms with E-state index in [4.69, 9.17) is 9.15 Å². The maximum atomic E-state index is 13.4. The Hall–Kier alpha value is -3.49. The molecule has 0 bridgehead atoms. The number of nitrogens with zero attached hydrogens (tertiary/aromatic N) is 2. The smallest absolute Gasteiger partial charge is 0.261 e. The van der Waals surface area contributed by atoms with Gasteiger partial charge < -0.3 is 19.6 Å². The van der Waals surface area contributed by atoms with Crippen LogP contribution in [0.4, 0.5) is 11.4 Å². The van der Waals surface area contributed by atoms with Gasteiger partial charge in [0, 0.05) is 21.6 Å². The number of hydrogen-bond acceptors (Lipinski definition) is 6. The SMILES string of the molecule is CCOc1ccccc1NC(=O)c1cc2c(CO)cnc(C)c2oc1=Nc1cccc(Br)c1. The molecule has 4 rings (SSSR count). The Morgan fingerprint density at radius 3 is 2.79 bits per heavy atom.